The Kier molecular flexibility index (Phi) is 6.84. The molecule has 2 rings (SSSR count). The fourth-order valence-electron chi connectivity index (χ4n) is 2.24. The standard InChI is InChI=1S/C14H20N2O2.ClH/c1-2-18-10-14(17)16-9-13-12-6-4-3-5-11(12)7-8-15-13;/h3-6,13,15H,2,7-10H2,1H3,(H,16,17);1H. The van der Waals surface area contributed by atoms with Crippen LogP contribution in [0.5, 0.6) is 0 Å². The molecule has 19 heavy (non-hydrogen) atoms. The molecule has 0 radical (unpaired) electrons. The second-order valence-electron chi connectivity index (χ2n) is 4.40. The van der Waals surface area contributed by atoms with Gasteiger partial charge in [0, 0.05) is 19.2 Å². The molecule has 0 bridgehead atoms. The van der Waals surface area contributed by atoms with Crippen molar-refractivity contribution in [3.63, 3.8) is 0 Å². The summed E-state index contributed by atoms with van der Waals surface area (Å²) in [7, 11) is 0. The van der Waals surface area contributed by atoms with Crippen molar-refractivity contribution in [1.29, 1.82) is 0 Å². The lowest BCUT2D eigenvalue weighted by Gasteiger charge is -2.27. The smallest absolute Gasteiger partial charge is 0.246 e. The summed E-state index contributed by atoms with van der Waals surface area (Å²) in [5, 5.41) is 6.33. The van der Waals surface area contributed by atoms with Crippen LogP contribution in [0.1, 0.15) is 24.1 Å². The van der Waals surface area contributed by atoms with Crippen LogP contribution in [0.25, 0.3) is 0 Å². The molecule has 0 fully saturated rings. The van der Waals surface area contributed by atoms with Crippen molar-refractivity contribution in [2.75, 3.05) is 26.3 Å². The monoisotopic (exact) mass is 284 g/mol. The van der Waals surface area contributed by atoms with Gasteiger partial charge in [-0.05, 0) is 31.0 Å². The number of benzene rings is 1. The van der Waals surface area contributed by atoms with E-state index in [4.69, 9.17) is 4.74 Å². The maximum Gasteiger partial charge on any atom is 0.246 e. The highest BCUT2D eigenvalue weighted by molar-refractivity contribution is 5.85. The van der Waals surface area contributed by atoms with E-state index in [9.17, 15) is 4.79 Å². The lowest BCUT2D eigenvalue weighted by atomic mass is 9.94. The molecular weight excluding hydrogens is 264 g/mol. The zero-order valence-electron chi connectivity index (χ0n) is 11.1. The van der Waals surface area contributed by atoms with Crippen molar-refractivity contribution in [2.24, 2.45) is 0 Å². The Morgan fingerprint density at radius 2 is 2.26 bits per heavy atom. The van der Waals surface area contributed by atoms with Crippen LogP contribution < -0.4 is 10.6 Å². The highest BCUT2D eigenvalue weighted by atomic mass is 35.5. The Bertz CT molecular complexity index is 412. The van der Waals surface area contributed by atoms with Crippen LogP contribution in [0.4, 0.5) is 0 Å². The van der Waals surface area contributed by atoms with Crippen molar-refractivity contribution in [1.82, 2.24) is 10.6 Å². The maximum absolute atomic E-state index is 11.5. The molecule has 1 aliphatic heterocycles. The molecule has 1 aliphatic rings. The molecule has 4 nitrogen and oxygen atoms in total. The molecule has 1 amide bonds. The first-order valence-electron chi connectivity index (χ1n) is 6.47. The van der Waals surface area contributed by atoms with E-state index in [0.29, 0.717) is 13.2 Å². The zero-order valence-corrected chi connectivity index (χ0v) is 12.0. The molecule has 5 heteroatoms. The van der Waals surface area contributed by atoms with Gasteiger partial charge in [0.25, 0.3) is 0 Å². The van der Waals surface area contributed by atoms with Crippen LogP contribution in [-0.4, -0.2) is 32.2 Å². The van der Waals surface area contributed by atoms with E-state index in [-0.39, 0.29) is 31.0 Å². The van der Waals surface area contributed by atoms with Gasteiger partial charge in [0.1, 0.15) is 6.61 Å². The van der Waals surface area contributed by atoms with Crippen molar-refractivity contribution < 1.29 is 9.53 Å². The van der Waals surface area contributed by atoms with Crippen LogP contribution in [0.15, 0.2) is 24.3 Å². The van der Waals surface area contributed by atoms with Crippen molar-refractivity contribution in [3.05, 3.63) is 35.4 Å². The van der Waals surface area contributed by atoms with Crippen LogP contribution in [0.2, 0.25) is 0 Å². The molecule has 0 spiro atoms. The summed E-state index contributed by atoms with van der Waals surface area (Å²) in [5.41, 5.74) is 2.67. The molecule has 0 saturated carbocycles. The first-order chi connectivity index (χ1) is 8.81. The van der Waals surface area contributed by atoms with E-state index >= 15 is 0 Å². The molecule has 1 unspecified atom stereocenters. The minimum absolute atomic E-state index is 0. The molecule has 0 aliphatic carbocycles. The van der Waals surface area contributed by atoms with Gasteiger partial charge in [0.2, 0.25) is 5.91 Å². The fraction of sp³-hybridized carbons (Fsp3) is 0.500. The Morgan fingerprint density at radius 3 is 3.05 bits per heavy atom. The van der Waals surface area contributed by atoms with Crippen LogP contribution in [0.3, 0.4) is 0 Å². The quantitative estimate of drug-likeness (QED) is 0.860. The van der Waals surface area contributed by atoms with E-state index in [1.165, 1.54) is 11.1 Å². The van der Waals surface area contributed by atoms with Gasteiger partial charge in [-0.2, -0.15) is 0 Å². The van der Waals surface area contributed by atoms with Gasteiger partial charge in [-0.1, -0.05) is 24.3 Å². The van der Waals surface area contributed by atoms with Gasteiger partial charge >= 0.3 is 0 Å². The highest BCUT2D eigenvalue weighted by Crippen LogP contribution is 2.21. The third-order valence-electron chi connectivity index (χ3n) is 3.16. The maximum atomic E-state index is 11.5. The summed E-state index contributed by atoms with van der Waals surface area (Å²) in [4.78, 5) is 11.5. The van der Waals surface area contributed by atoms with Crippen LogP contribution in [0, 0.1) is 0 Å². The molecule has 1 atom stereocenters. The predicted octanol–water partition coefficient (Wildman–Crippen LogP) is 1.45. The largest absolute Gasteiger partial charge is 0.372 e. The third-order valence-corrected chi connectivity index (χ3v) is 3.16. The summed E-state index contributed by atoms with van der Waals surface area (Å²) in [6.07, 6.45) is 1.06. The highest BCUT2D eigenvalue weighted by Gasteiger charge is 2.19. The SMILES string of the molecule is CCOCC(=O)NCC1NCCc2ccccc21.Cl. The number of carbonyl (C=O) groups is 1. The molecule has 106 valence electrons. The van der Waals surface area contributed by atoms with Gasteiger partial charge < -0.3 is 15.4 Å². The second-order valence-corrected chi connectivity index (χ2v) is 4.40. The number of hydrogen-bond acceptors (Lipinski definition) is 3. The van der Waals surface area contributed by atoms with Crippen LogP contribution in [-0.2, 0) is 16.0 Å². The van der Waals surface area contributed by atoms with E-state index < -0.39 is 0 Å². The van der Waals surface area contributed by atoms with E-state index in [1.807, 2.05) is 13.0 Å². The number of amides is 1. The molecule has 0 aromatic heterocycles. The van der Waals surface area contributed by atoms with Gasteiger partial charge in [0.15, 0.2) is 0 Å². The van der Waals surface area contributed by atoms with Gasteiger partial charge in [-0.25, -0.2) is 0 Å². The minimum atomic E-state index is -0.0540. The Hall–Kier alpha value is -1.10. The van der Waals surface area contributed by atoms with Gasteiger partial charge in [-0.3, -0.25) is 4.79 Å². The van der Waals surface area contributed by atoms with Crippen molar-refractivity contribution in [2.45, 2.75) is 19.4 Å². The van der Waals surface area contributed by atoms with Gasteiger partial charge in [-0.15, -0.1) is 12.4 Å². The Labute approximate surface area is 120 Å². The minimum Gasteiger partial charge on any atom is -0.372 e. The number of fused-ring (bicyclic) bond motifs is 1. The summed E-state index contributed by atoms with van der Waals surface area (Å²) in [6.45, 7) is 4.17. The summed E-state index contributed by atoms with van der Waals surface area (Å²) in [5.74, 6) is -0.0540. The van der Waals surface area contributed by atoms with E-state index in [1.54, 1.807) is 0 Å². The first kappa shape index (κ1) is 16.0. The average molecular weight is 285 g/mol. The summed E-state index contributed by atoms with van der Waals surface area (Å²) in [6, 6.07) is 8.60. The second kappa shape index (κ2) is 8.15. The number of rotatable bonds is 5. The molecule has 0 saturated heterocycles. The van der Waals surface area contributed by atoms with Crippen molar-refractivity contribution >= 4 is 18.3 Å². The number of hydrogen-bond donors (Lipinski definition) is 2. The number of ether oxygens (including phenoxy) is 1. The lowest BCUT2D eigenvalue weighted by Crippen LogP contribution is -2.39. The first-order valence-corrected chi connectivity index (χ1v) is 6.47. The van der Waals surface area contributed by atoms with E-state index in [0.717, 1.165) is 13.0 Å². The predicted molar refractivity (Wildman–Crippen MR) is 77.6 cm³/mol. The molecular formula is C14H21ClN2O2. The third kappa shape index (κ3) is 4.49. The topological polar surface area (TPSA) is 50.4 Å². The zero-order chi connectivity index (χ0) is 12.8. The molecule has 1 heterocycles. The molecule has 1 aromatic rings. The summed E-state index contributed by atoms with van der Waals surface area (Å²) >= 11 is 0. The number of nitrogens with one attached hydrogen (secondary N) is 2. The molecule has 1 aromatic carbocycles. The van der Waals surface area contributed by atoms with Crippen molar-refractivity contribution in [3.8, 4) is 0 Å². The van der Waals surface area contributed by atoms with E-state index in [2.05, 4.69) is 28.8 Å². The Balaban J connectivity index is 0.00000180. The average Bonchev–Trinajstić information content (AvgIpc) is 2.42. The fourth-order valence-corrected chi connectivity index (χ4v) is 2.24. The van der Waals surface area contributed by atoms with Gasteiger partial charge in [0.05, 0.1) is 0 Å². The van der Waals surface area contributed by atoms with Crippen LogP contribution >= 0.6 is 12.4 Å². The Morgan fingerprint density at radius 1 is 1.47 bits per heavy atom. The normalized spacial score (nSPS) is 17.2. The number of halogens is 1. The number of carbonyl (C=O) groups excluding carboxylic acids is 1. The lowest BCUT2D eigenvalue weighted by molar-refractivity contribution is -0.125. The summed E-state index contributed by atoms with van der Waals surface area (Å²) < 4.78 is 5.07. The molecule has 2 N–H and O–H groups in total.